The molecule has 0 radical (unpaired) electrons. The zero-order valence-corrected chi connectivity index (χ0v) is 10.7. The van der Waals surface area contributed by atoms with E-state index < -0.39 is 6.10 Å². The summed E-state index contributed by atoms with van der Waals surface area (Å²) in [4.78, 5) is 12.3. The van der Waals surface area contributed by atoms with Gasteiger partial charge in [-0.1, -0.05) is 42.5 Å². The third-order valence-electron chi connectivity index (χ3n) is 2.82. The van der Waals surface area contributed by atoms with Crippen molar-refractivity contribution in [3.63, 3.8) is 0 Å². The Morgan fingerprint density at radius 1 is 1.11 bits per heavy atom. The van der Waals surface area contributed by atoms with Gasteiger partial charge in [-0.2, -0.15) is 0 Å². The SMILES string of the molecule is CCOc1ccccc1C(=O)C(O)c1ccccc1. The molecule has 0 amide bonds. The minimum atomic E-state index is -1.16. The Morgan fingerprint density at radius 3 is 2.42 bits per heavy atom. The fourth-order valence-corrected chi connectivity index (χ4v) is 1.89. The maximum Gasteiger partial charge on any atom is 0.199 e. The van der Waals surface area contributed by atoms with Gasteiger partial charge in [-0.25, -0.2) is 0 Å². The van der Waals surface area contributed by atoms with Crippen molar-refractivity contribution in [2.75, 3.05) is 6.61 Å². The number of ketones is 1. The molecule has 2 aromatic rings. The lowest BCUT2D eigenvalue weighted by Crippen LogP contribution is -2.13. The quantitative estimate of drug-likeness (QED) is 0.836. The topological polar surface area (TPSA) is 46.5 Å². The minimum Gasteiger partial charge on any atom is -0.493 e. The summed E-state index contributed by atoms with van der Waals surface area (Å²) in [6, 6.07) is 15.8. The standard InChI is InChI=1S/C16H16O3/c1-2-19-14-11-7-6-10-13(14)16(18)15(17)12-8-4-3-5-9-12/h3-11,15,17H,2H2,1H3. The molecule has 2 aromatic carbocycles. The van der Waals surface area contributed by atoms with Crippen LogP contribution in [-0.2, 0) is 0 Å². The monoisotopic (exact) mass is 256 g/mol. The second-order valence-electron chi connectivity index (χ2n) is 4.11. The van der Waals surface area contributed by atoms with Crippen molar-refractivity contribution in [2.45, 2.75) is 13.0 Å². The molecule has 0 aliphatic carbocycles. The summed E-state index contributed by atoms with van der Waals surface area (Å²) in [5.74, 6) is 0.153. The highest BCUT2D eigenvalue weighted by atomic mass is 16.5. The summed E-state index contributed by atoms with van der Waals surface area (Å²) in [5.41, 5.74) is 0.986. The Bertz CT molecular complexity index is 549. The van der Waals surface area contributed by atoms with Crippen LogP contribution in [0.2, 0.25) is 0 Å². The lowest BCUT2D eigenvalue weighted by atomic mass is 9.99. The Labute approximate surface area is 112 Å². The molecule has 98 valence electrons. The Hall–Kier alpha value is -2.13. The number of hydrogen-bond acceptors (Lipinski definition) is 3. The number of carbonyl (C=O) groups excluding carboxylic acids is 1. The number of ether oxygens (including phenoxy) is 1. The van der Waals surface area contributed by atoms with Gasteiger partial charge >= 0.3 is 0 Å². The fraction of sp³-hybridized carbons (Fsp3) is 0.188. The van der Waals surface area contributed by atoms with Crippen molar-refractivity contribution < 1.29 is 14.6 Å². The van der Waals surface area contributed by atoms with E-state index >= 15 is 0 Å². The van der Waals surface area contributed by atoms with Gasteiger partial charge in [0, 0.05) is 0 Å². The van der Waals surface area contributed by atoms with Crippen molar-refractivity contribution in [3.05, 3.63) is 65.7 Å². The van der Waals surface area contributed by atoms with E-state index in [-0.39, 0.29) is 5.78 Å². The molecule has 19 heavy (non-hydrogen) atoms. The number of para-hydroxylation sites is 1. The molecule has 3 nitrogen and oxygen atoms in total. The number of rotatable bonds is 5. The molecule has 0 heterocycles. The first-order valence-electron chi connectivity index (χ1n) is 6.23. The third-order valence-corrected chi connectivity index (χ3v) is 2.82. The predicted molar refractivity (Wildman–Crippen MR) is 73.3 cm³/mol. The van der Waals surface area contributed by atoms with E-state index in [9.17, 15) is 9.90 Å². The summed E-state index contributed by atoms with van der Waals surface area (Å²) in [5, 5.41) is 10.1. The van der Waals surface area contributed by atoms with Crippen molar-refractivity contribution in [1.29, 1.82) is 0 Å². The summed E-state index contributed by atoms with van der Waals surface area (Å²) in [7, 11) is 0. The summed E-state index contributed by atoms with van der Waals surface area (Å²) in [6.07, 6.45) is -1.16. The van der Waals surface area contributed by atoms with Gasteiger partial charge in [-0.05, 0) is 24.6 Å². The average molecular weight is 256 g/mol. The van der Waals surface area contributed by atoms with Gasteiger partial charge in [0.05, 0.1) is 12.2 Å². The van der Waals surface area contributed by atoms with E-state index in [1.54, 1.807) is 48.5 Å². The molecule has 0 fully saturated rings. The fourth-order valence-electron chi connectivity index (χ4n) is 1.89. The maximum absolute atomic E-state index is 12.3. The van der Waals surface area contributed by atoms with Gasteiger partial charge in [0.15, 0.2) is 5.78 Å². The molecule has 1 unspecified atom stereocenters. The number of benzene rings is 2. The van der Waals surface area contributed by atoms with Crippen LogP contribution >= 0.6 is 0 Å². The van der Waals surface area contributed by atoms with E-state index in [4.69, 9.17) is 4.74 Å². The Balaban J connectivity index is 2.29. The van der Waals surface area contributed by atoms with Crippen LogP contribution in [0.4, 0.5) is 0 Å². The van der Waals surface area contributed by atoms with Crippen LogP contribution in [0.1, 0.15) is 28.9 Å². The van der Waals surface area contributed by atoms with Crippen molar-refractivity contribution in [2.24, 2.45) is 0 Å². The van der Waals surface area contributed by atoms with E-state index in [0.29, 0.717) is 23.5 Å². The van der Waals surface area contributed by atoms with Gasteiger partial charge in [0.2, 0.25) is 0 Å². The molecule has 0 aliphatic rings. The minimum absolute atomic E-state index is 0.352. The number of Topliss-reactive ketones (excluding diaryl/α,β-unsaturated/α-hetero) is 1. The number of aliphatic hydroxyl groups excluding tert-OH is 1. The lowest BCUT2D eigenvalue weighted by Gasteiger charge is -2.13. The first kappa shape index (κ1) is 13.3. The summed E-state index contributed by atoms with van der Waals surface area (Å²) < 4.78 is 5.41. The maximum atomic E-state index is 12.3. The van der Waals surface area contributed by atoms with Crippen LogP contribution in [0.15, 0.2) is 54.6 Å². The smallest absolute Gasteiger partial charge is 0.199 e. The third kappa shape index (κ3) is 3.01. The summed E-state index contributed by atoms with van der Waals surface area (Å²) >= 11 is 0. The molecule has 1 atom stereocenters. The van der Waals surface area contributed by atoms with Gasteiger partial charge in [0.1, 0.15) is 11.9 Å². The Kier molecular flexibility index (Phi) is 4.31. The second-order valence-corrected chi connectivity index (χ2v) is 4.11. The molecule has 0 aromatic heterocycles. The highest BCUT2D eigenvalue weighted by Crippen LogP contribution is 2.25. The summed E-state index contributed by atoms with van der Waals surface area (Å²) in [6.45, 7) is 2.33. The van der Waals surface area contributed by atoms with Crippen LogP contribution in [0, 0.1) is 0 Å². The normalized spacial score (nSPS) is 11.9. The zero-order valence-electron chi connectivity index (χ0n) is 10.7. The van der Waals surface area contributed by atoms with Crippen LogP contribution < -0.4 is 4.74 Å². The first-order chi connectivity index (χ1) is 9.24. The van der Waals surface area contributed by atoms with E-state index in [1.807, 2.05) is 13.0 Å². The highest BCUT2D eigenvalue weighted by molar-refractivity contribution is 6.02. The van der Waals surface area contributed by atoms with Gasteiger partial charge in [-0.3, -0.25) is 4.79 Å². The van der Waals surface area contributed by atoms with Crippen molar-refractivity contribution in [3.8, 4) is 5.75 Å². The number of hydrogen-bond donors (Lipinski definition) is 1. The first-order valence-corrected chi connectivity index (χ1v) is 6.23. The van der Waals surface area contributed by atoms with E-state index in [2.05, 4.69) is 0 Å². The van der Waals surface area contributed by atoms with E-state index in [1.165, 1.54) is 0 Å². The van der Waals surface area contributed by atoms with Gasteiger partial charge in [0.25, 0.3) is 0 Å². The molecule has 2 rings (SSSR count). The van der Waals surface area contributed by atoms with Crippen molar-refractivity contribution in [1.82, 2.24) is 0 Å². The molecule has 1 N–H and O–H groups in total. The number of aliphatic hydroxyl groups is 1. The largest absolute Gasteiger partial charge is 0.493 e. The molecule has 0 spiro atoms. The second kappa shape index (κ2) is 6.16. The number of carbonyl (C=O) groups is 1. The molecular formula is C16H16O3. The zero-order chi connectivity index (χ0) is 13.7. The van der Waals surface area contributed by atoms with Gasteiger partial charge in [-0.15, -0.1) is 0 Å². The molecule has 0 saturated heterocycles. The van der Waals surface area contributed by atoms with Crippen molar-refractivity contribution >= 4 is 5.78 Å². The van der Waals surface area contributed by atoms with Crippen LogP contribution in [-0.4, -0.2) is 17.5 Å². The molecule has 0 saturated carbocycles. The lowest BCUT2D eigenvalue weighted by molar-refractivity contribution is 0.0743. The molecule has 0 aliphatic heterocycles. The highest BCUT2D eigenvalue weighted by Gasteiger charge is 2.21. The molecule has 3 heteroatoms. The van der Waals surface area contributed by atoms with Gasteiger partial charge < -0.3 is 9.84 Å². The molecular weight excluding hydrogens is 240 g/mol. The van der Waals surface area contributed by atoms with Crippen LogP contribution in [0.3, 0.4) is 0 Å². The predicted octanol–water partition coefficient (Wildman–Crippen LogP) is 3.00. The molecule has 0 bridgehead atoms. The van der Waals surface area contributed by atoms with E-state index in [0.717, 1.165) is 0 Å². The Morgan fingerprint density at radius 2 is 1.74 bits per heavy atom. The van der Waals surface area contributed by atoms with Crippen LogP contribution in [0.25, 0.3) is 0 Å². The van der Waals surface area contributed by atoms with Crippen LogP contribution in [0.5, 0.6) is 5.75 Å². The average Bonchev–Trinajstić information content (AvgIpc) is 2.47.